The smallest absolute Gasteiger partial charge is 0.409 e. The van der Waals surface area contributed by atoms with Gasteiger partial charge in [0.2, 0.25) is 5.91 Å². The van der Waals surface area contributed by atoms with E-state index in [1.165, 1.54) is 12.1 Å². The van der Waals surface area contributed by atoms with Crippen molar-refractivity contribution in [1.29, 1.82) is 0 Å². The van der Waals surface area contributed by atoms with Crippen LogP contribution in [0.2, 0.25) is 0 Å². The molecule has 7 heteroatoms. The Bertz CT molecular complexity index is 756. The van der Waals surface area contributed by atoms with Gasteiger partial charge in [-0.3, -0.25) is 4.79 Å². The van der Waals surface area contributed by atoms with E-state index in [0.717, 1.165) is 69.7 Å². The number of rotatable bonds is 4. The van der Waals surface area contributed by atoms with Crippen LogP contribution in [0.25, 0.3) is 0 Å². The lowest BCUT2D eigenvalue weighted by atomic mass is 9.94. The van der Waals surface area contributed by atoms with Crippen molar-refractivity contribution in [3.8, 4) is 0 Å². The fourth-order valence-corrected chi connectivity index (χ4v) is 4.95. The normalized spacial score (nSPS) is 21.5. The number of halogens is 1. The summed E-state index contributed by atoms with van der Waals surface area (Å²) in [6.07, 6.45) is 4.05. The van der Waals surface area contributed by atoms with Gasteiger partial charge in [0.05, 0.1) is 13.0 Å². The molecule has 0 N–H and O–H groups in total. The molecule has 0 aromatic heterocycles. The second kappa shape index (κ2) is 8.69. The summed E-state index contributed by atoms with van der Waals surface area (Å²) >= 11 is 0. The molecule has 29 heavy (non-hydrogen) atoms. The van der Waals surface area contributed by atoms with Crippen LogP contribution in [0.4, 0.5) is 14.9 Å². The summed E-state index contributed by atoms with van der Waals surface area (Å²) in [4.78, 5) is 30.6. The van der Waals surface area contributed by atoms with Crippen molar-refractivity contribution in [2.75, 3.05) is 44.2 Å². The highest BCUT2D eigenvalue weighted by molar-refractivity contribution is 6.01. The van der Waals surface area contributed by atoms with Gasteiger partial charge in [0.15, 0.2) is 0 Å². The van der Waals surface area contributed by atoms with Gasteiger partial charge < -0.3 is 19.4 Å². The van der Waals surface area contributed by atoms with E-state index in [0.29, 0.717) is 18.9 Å². The van der Waals surface area contributed by atoms with Gasteiger partial charge in [0.1, 0.15) is 5.82 Å². The number of likely N-dealkylation sites (tertiary alicyclic amines) is 2. The third kappa shape index (κ3) is 4.39. The molecular formula is C22H30FN3O3. The van der Waals surface area contributed by atoms with Crippen LogP contribution in [0.1, 0.15) is 38.2 Å². The number of amides is 2. The number of nitrogens with zero attached hydrogens (tertiary/aromatic N) is 3. The van der Waals surface area contributed by atoms with Gasteiger partial charge in [-0.2, -0.15) is 0 Å². The molecule has 0 spiro atoms. The number of ether oxygens (including phenoxy) is 1. The highest BCUT2D eigenvalue weighted by atomic mass is 19.1. The Hall–Kier alpha value is -2.15. The van der Waals surface area contributed by atoms with Gasteiger partial charge in [0, 0.05) is 44.5 Å². The summed E-state index contributed by atoms with van der Waals surface area (Å²) in [7, 11) is 0. The lowest BCUT2D eigenvalue weighted by molar-refractivity contribution is -0.118. The Labute approximate surface area is 171 Å². The summed E-state index contributed by atoms with van der Waals surface area (Å²) < 4.78 is 18.6. The van der Waals surface area contributed by atoms with Crippen molar-refractivity contribution in [1.82, 2.24) is 9.80 Å². The zero-order valence-electron chi connectivity index (χ0n) is 17.1. The van der Waals surface area contributed by atoms with Crippen molar-refractivity contribution < 1.29 is 18.7 Å². The quantitative estimate of drug-likeness (QED) is 0.776. The van der Waals surface area contributed by atoms with Crippen molar-refractivity contribution in [2.24, 2.45) is 5.92 Å². The van der Waals surface area contributed by atoms with E-state index in [9.17, 15) is 14.0 Å². The molecule has 6 nitrogen and oxygen atoms in total. The van der Waals surface area contributed by atoms with E-state index in [2.05, 4.69) is 4.90 Å². The average molecular weight is 403 g/mol. The number of piperidine rings is 2. The fourth-order valence-electron chi connectivity index (χ4n) is 4.95. The minimum Gasteiger partial charge on any atom is -0.450 e. The van der Waals surface area contributed by atoms with E-state index < -0.39 is 0 Å². The van der Waals surface area contributed by atoms with Crippen molar-refractivity contribution in [3.05, 3.63) is 29.6 Å². The molecule has 158 valence electrons. The van der Waals surface area contributed by atoms with E-state index >= 15 is 0 Å². The van der Waals surface area contributed by atoms with Crippen LogP contribution in [-0.2, 0) is 16.0 Å². The highest BCUT2D eigenvalue weighted by Crippen LogP contribution is 2.34. The van der Waals surface area contributed by atoms with E-state index in [4.69, 9.17) is 4.74 Å². The number of hydrogen-bond acceptors (Lipinski definition) is 4. The molecule has 2 amide bonds. The topological polar surface area (TPSA) is 53.1 Å². The van der Waals surface area contributed by atoms with Crippen LogP contribution >= 0.6 is 0 Å². The molecule has 3 heterocycles. The van der Waals surface area contributed by atoms with Crippen LogP contribution in [0.5, 0.6) is 0 Å². The molecule has 3 aliphatic heterocycles. The molecule has 0 unspecified atom stereocenters. The first-order valence-corrected chi connectivity index (χ1v) is 10.8. The number of hydrogen-bond donors (Lipinski definition) is 0. The first kappa shape index (κ1) is 20.1. The minimum atomic E-state index is -0.276. The summed E-state index contributed by atoms with van der Waals surface area (Å²) in [5, 5.41) is 0. The molecule has 1 aromatic rings. The Balaban J connectivity index is 1.26. The van der Waals surface area contributed by atoms with Crippen molar-refractivity contribution in [3.63, 3.8) is 0 Å². The number of carbonyl (C=O) groups excluding carboxylic acids is 2. The summed E-state index contributed by atoms with van der Waals surface area (Å²) in [5.74, 6) is 0.423. The monoisotopic (exact) mass is 403 g/mol. The van der Waals surface area contributed by atoms with Crippen LogP contribution in [0.15, 0.2) is 18.2 Å². The maximum absolute atomic E-state index is 13.5. The van der Waals surface area contributed by atoms with Crippen LogP contribution in [0.3, 0.4) is 0 Å². The van der Waals surface area contributed by atoms with Crippen LogP contribution < -0.4 is 4.90 Å². The van der Waals surface area contributed by atoms with Crippen LogP contribution in [0, 0.1) is 11.7 Å². The number of fused-ring (bicyclic) bond motifs is 1. The molecule has 2 saturated heterocycles. The second-order valence-electron chi connectivity index (χ2n) is 8.37. The number of benzene rings is 1. The molecular weight excluding hydrogens is 373 g/mol. The average Bonchev–Trinajstić information content (AvgIpc) is 3.04. The van der Waals surface area contributed by atoms with Gasteiger partial charge in [-0.05, 0) is 62.3 Å². The first-order valence-electron chi connectivity index (χ1n) is 10.8. The van der Waals surface area contributed by atoms with E-state index in [1.807, 2.05) is 16.7 Å². The Morgan fingerprint density at radius 1 is 1.14 bits per heavy atom. The molecule has 0 bridgehead atoms. The summed E-state index contributed by atoms with van der Waals surface area (Å²) in [6, 6.07) is 4.89. The molecule has 0 atom stereocenters. The van der Waals surface area contributed by atoms with Crippen LogP contribution in [-0.4, -0.2) is 67.2 Å². The first-order chi connectivity index (χ1) is 14.0. The molecule has 0 saturated carbocycles. The van der Waals surface area contributed by atoms with Crippen molar-refractivity contribution in [2.45, 2.75) is 45.1 Å². The SMILES string of the molecule is CCOC(=O)N1CCC(CN2CCC(N3C(=O)Cc4cc(F)ccc43)CC2)CC1. The van der Waals surface area contributed by atoms with Crippen molar-refractivity contribution >= 4 is 17.7 Å². The molecule has 3 aliphatic rings. The Morgan fingerprint density at radius 2 is 1.86 bits per heavy atom. The predicted octanol–water partition coefficient (Wildman–Crippen LogP) is 3.05. The zero-order chi connectivity index (χ0) is 20.4. The molecule has 0 radical (unpaired) electrons. The third-order valence-electron chi connectivity index (χ3n) is 6.49. The molecule has 0 aliphatic carbocycles. The van der Waals surface area contributed by atoms with Gasteiger partial charge in [0.25, 0.3) is 0 Å². The maximum Gasteiger partial charge on any atom is 0.409 e. The Morgan fingerprint density at radius 3 is 2.55 bits per heavy atom. The van der Waals surface area contributed by atoms with Gasteiger partial charge in [-0.25, -0.2) is 9.18 Å². The molecule has 1 aromatic carbocycles. The van der Waals surface area contributed by atoms with Gasteiger partial charge in [-0.1, -0.05) is 0 Å². The number of anilines is 1. The Kier molecular flexibility index (Phi) is 6.04. The predicted molar refractivity (Wildman–Crippen MR) is 108 cm³/mol. The fraction of sp³-hybridized carbons (Fsp3) is 0.636. The maximum atomic E-state index is 13.5. The molecule has 4 rings (SSSR count). The standard InChI is InChI=1S/C22H30FN3O3/c1-2-29-22(28)25-11-5-16(6-12-25)15-24-9-7-19(8-10-24)26-20-4-3-18(23)13-17(20)14-21(26)27/h3-4,13,16,19H,2,5-12,14-15H2,1H3. The highest BCUT2D eigenvalue weighted by Gasteiger charge is 2.35. The lowest BCUT2D eigenvalue weighted by Gasteiger charge is -2.39. The van der Waals surface area contributed by atoms with Gasteiger partial charge >= 0.3 is 6.09 Å². The lowest BCUT2D eigenvalue weighted by Crippen LogP contribution is -2.48. The third-order valence-corrected chi connectivity index (χ3v) is 6.49. The molecule has 2 fully saturated rings. The number of carbonyl (C=O) groups is 2. The van der Waals surface area contributed by atoms with E-state index in [-0.39, 0.29) is 23.9 Å². The largest absolute Gasteiger partial charge is 0.450 e. The zero-order valence-corrected chi connectivity index (χ0v) is 17.1. The van der Waals surface area contributed by atoms with E-state index in [1.54, 1.807) is 6.07 Å². The summed E-state index contributed by atoms with van der Waals surface area (Å²) in [5.41, 5.74) is 1.70. The summed E-state index contributed by atoms with van der Waals surface area (Å²) in [6.45, 7) is 6.81. The van der Waals surface area contributed by atoms with Gasteiger partial charge in [-0.15, -0.1) is 0 Å². The minimum absolute atomic E-state index is 0.0930. The second-order valence-corrected chi connectivity index (χ2v) is 8.37.